The van der Waals surface area contributed by atoms with Crippen molar-refractivity contribution in [3.05, 3.63) is 54.1 Å². The van der Waals surface area contributed by atoms with Gasteiger partial charge in [-0.3, -0.25) is 4.79 Å². The molecule has 0 radical (unpaired) electrons. The average Bonchev–Trinajstić information content (AvgIpc) is 2.85. The Morgan fingerprint density at radius 3 is 2.17 bits per heavy atom. The number of nitrogens with one attached hydrogen (secondary N) is 2. The van der Waals surface area contributed by atoms with Crippen molar-refractivity contribution in [3.63, 3.8) is 0 Å². The third-order valence-electron chi connectivity index (χ3n) is 6.52. The van der Waals surface area contributed by atoms with Crippen molar-refractivity contribution in [3.8, 4) is 0 Å². The largest absolute Gasteiger partial charge is 0.416 e. The summed E-state index contributed by atoms with van der Waals surface area (Å²) in [7, 11) is 1.74. The maximum absolute atomic E-state index is 13.1. The van der Waals surface area contributed by atoms with Crippen LogP contribution in [0.2, 0.25) is 0 Å². The first kappa shape index (κ1) is 24.8. The number of nitrogens with zero attached hydrogens (tertiary/aromatic N) is 2. The predicted octanol–water partition coefficient (Wildman–Crippen LogP) is 4.64. The minimum absolute atomic E-state index is 0.209. The lowest BCUT2D eigenvalue weighted by Crippen LogP contribution is -2.53. The fraction of sp³-hybridized carbons (Fsp3) is 0.440. The summed E-state index contributed by atoms with van der Waals surface area (Å²) in [6.45, 7) is 2.39. The summed E-state index contributed by atoms with van der Waals surface area (Å²) in [6.07, 6.45) is -0.990. The van der Waals surface area contributed by atoms with E-state index < -0.39 is 23.8 Å². The minimum atomic E-state index is -4.45. The van der Waals surface area contributed by atoms with Crippen molar-refractivity contribution in [1.29, 1.82) is 0 Å². The molecule has 4 rings (SSSR count). The van der Waals surface area contributed by atoms with Gasteiger partial charge in [-0.1, -0.05) is 0 Å². The number of ether oxygens (including phenoxy) is 1. The van der Waals surface area contributed by atoms with Crippen molar-refractivity contribution in [2.24, 2.45) is 0 Å². The number of amides is 3. The molecule has 2 aromatic rings. The average molecular weight is 491 g/mol. The van der Waals surface area contributed by atoms with Crippen LogP contribution < -0.4 is 20.4 Å². The third kappa shape index (κ3) is 6.05. The molecule has 2 aliphatic rings. The molecule has 0 saturated carbocycles. The van der Waals surface area contributed by atoms with Gasteiger partial charge in [0, 0.05) is 43.8 Å². The van der Waals surface area contributed by atoms with Gasteiger partial charge in [0.2, 0.25) is 5.91 Å². The van der Waals surface area contributed by atoms with Crippen molar-refractivity contribution < 1.29 is 27.5 Å². The van der Waals surface area contributed by atoms with E-state index in [4.69, 9.17) is 4.74 Å². The van der Waals surface area contributed by atoms with Crippen molar-refractivity contribution in [2.45, 2.75) is 44.0 Å². The summed E-state index contributed by atoms with van der Waals surface area (Å²) in [5.74, 6) is -0.215. The Labute approximate surface area is 202 Å². The van der Waals surface area contributed by atoms with Gasteiger partial charge in [0.05, 0.1) is 11.7 Å². The van der Waals surface area contributed by atoms with Crippen LogP contribution in [0.25, 0.3) is 0 Å². The minimum Gasteiger partial charge on any atom is -0.381 e. The maximum atomic E-state index is 13.1. The Kier molecular flexibility index (Phi) is 7.49. The molecule has 0 aliphatic carbocycles. The molecule has 1 atom stereocenters. The van der Waals surface area contributed by atoms with E-state index in [-0.39, 0.29) is 11.6 Å². The van der Waals surface area contributed by atoms with Crippen molar-refractivity contribution >= 4 is 29.0 Å². The quantitative estimate of drug-likeness (QED) is 0.641. The van der Waals surface area contributed by atoms with Crippen LogP contribution in [0, 0.1) is 0 Å². The highest BCUT2D eigenvalue weighted by Gasteiger charge is 2.32. The van der Waals surface area contributed by atoms with Gasteiger partial charge in [-0.25, -0.2) is 4.79 Å². The second kappa shape index (κ2) is 10.6. The first-order chi connectivity index (χ1) is 16.7. The van der Waals surface area contributed by atoms with Crippen LogP contribution in [0.15, 0.2) is 48.5 Å². The molecule has 2 saturated heterocycles. The monoisotopic (exact) mass is 490 g/mol. The highest BCUT2D eigenvalue weighted by molar-refractivity contribution is 6.01. The second-order valence-corrected chi connectivity index (χ2v) is 8.80. The molecule has 2 N–H and O–H groups in total. The van der Waals surface area contributed by atoms with Crippen LogP contribution in [-0.4, -0.2) is 50.8 Å². The number of rotatable bonds is 5. The Balaban J connectivity index is 1.34. The van der Waals surface area contributed by atoms with E-state index in [0.29, 0.717) is 25.5 Å². The summed E-state index contributed by atoms with van der Waals surface area (Å²) in [4.78, 5) is 29.4. The van der Waals surface area contributed by atoms with E-state index >= 15 is 0 Å². The summed E-state index contributed by atoms with van der Waals surface area (Å²) in [5.41, 5.74) is 1.27. The molecule has 35 heavy (non-hydrogen) atoms. The molecule has 2 aromatic carbocycles. The second-order valence-electron chi connectivity index (χ2n) is 8.80. The Morgan fingerprint density at radius 1 is 0.943 bits per heavy atom. The molecular formula is C25H29F3N4O3. The number of alkyl halides is 3. The molecule has 0 unspecified atom stereocenters. The fourth-order valence-corrected chi connectivity index (χ4v) is 4.53. The lowest BCUT2D eigenvalue weighted by atomic mass is 10.0. The number of urea groups is 1. The third-order valence-corrected chi connectivity index (χ3v) is 6.52. The van der Waals surface area contributed by atoms with Crippen LogP contribution in [0.5, 0.6) is 0 Å². The van der Waals surface area contributed by atoms with E-state index in [0.717, 1.165) is 49.4 Å². The fourth-order valence-electron chi connectivity index (χ4n) is 4.53. The number of benzene rings is 2. The predicted molar refractivity (Wildman–Crippen MR) is 128 cm³/mol. The highest BCUT2D eigenvalue weighted by atomic mass is 19.4. The standard InChI is InChI=1S/C25H29F3N4O3/c1-35-21-12-15-31(16-13-21)19-8-10-20(11-9-19)32-14-2-3-22(23(32)33)30-24(34)29-18-6-4-17(5-7-18)25(26,27)28/h4-11,21-22H,2-3,12-16H2,1H3,(H2,29,30,34)/t22-/m1/s1. The number of methoxy groups -OCH3 is 1. The molecule has 2 aliphatic heterocycles. The number of halogens is 3. The van der Waals surface area contributed by atoms with Gasteiger partial charge in [0.25, 0.3) is 0 Å². The molecule has 0 spiro atoms. The Bertz CT molecular complexity index is 1020. The summed E-state index contributed by atoms with van der Waals surface area (Å²) in [6, 6.07) is 10.6. The SMILES string of the molecule is COC1CCN(c2ccc(N3CCC[C@@H](NC(=O)Nc4ccc(C(F)(F)F)cc4)C3=O)cc2)CC1. The first-order valence-electron chi connectivity index (χ1n) is 11.7. The van der Waals surface area contributed by atoms with Gasteiger partial charge in [0.15, 0.2) is 0 Å². The molecule has 2 fully saturated rings. The van der Waals surface area contributed by atoms with Gasteiger partial charge in [-0.15, -0.1) is 0 Å². The topological polar surface area (TPSA) is 73.9 Å². The lowest BCUT2D eigenvalue weighted by molar-refractivity contribution is -0.137. The molecular weight excluding hydrogens is 461 g/mol. The van der Waals surface area contributed by atoms with Crippen LogP contribution in [0.3, 0.4) is 0 Å². The zero-order chi connectivity index (χ0) is 25.0. The van der Waals surface area contributed by atoms with Crippen molar-refractivity contribution in [2.75, 3.05) is 41.9 Å². The van der Waals surface area contributed by atoms with E-state index in [1.54, 1.807) is 12.0 Å². The smallest absolute Gasteiger partial charge is 0.381 e. The summed E-state index contributed by atoms with van der Waals surface area (Å²) < 4.78 is 43.5. The maximum Gasteiger partial charge on any atom is 0.416 e. The van der Waals surface area contributed by atoms with Crippen LogP contribution in [0.4, 0.5) is 35.0 Å². The lowest BCUT2D eigenvalue weighted by Gasteiger charge is -2.34. The van der Waals surface area contributed by atoms with Crippen molar-refractivity contribution in [1.82, 2.24) is 5.32 Å². The molecule has 188 valence electrons. The molecule has 0 bridgehead atoms. The van der Waals surface area contributed by atoms with E-state index in [9.17, 15) is 22.8 Å². The first-order valence-corrected chi connectivity index (χ1v) is 11.7. The van der Waals surface area contributed by atoms with E-state index in [2.05, 4.69) is 15.5 Å². The number of hydrogen-bond donors (Lipinski definition) is 2. The summed E-state index contributed by atoms with van der Waals surface area (Å²) >= 11 is 0. The van der Waals surface area contributed by atoms with Gasteiger partial charge in [-0.2, -0.15) is 13.2 Å². The highest BCUT2D eigenvalue weighted by Crippen LogP contribution is 2.30. The molecule has 7 nitrogen and oxygen atoms in total. The molecule has 2 heterocycles. The molecule has 0 aromatic heterocycles. The number of piperidine rings is 2. The van der Waals surface area contributed by atoms with Gasteiger partial charge >= 0.3 is 12.2 Å². The Hall–Kier alpha value is -3.27. The zero-order valence-electron chi connectivity index (χ0n) is 19.5. The van der Waals surface area contributed by atoms with Crippen LogP contribution in [-0.2, 0) is 15.7 Å². The normalized spacial score (nSPS) is 19.5. The number of hydrogen-bond acceptors (Lipinski definition) is 4. The van der Waals surface area contributed by atoms with Gasteiger partial charge in [0.1, 0.15) is 6.04 Å². The number of carbonyl (C=O) groups excluding carboxylic acids is 2. The Morgan fingerprint density at radius 2 is 1.57 bits per heavy atom. The van der Waals surface area contributed by atoms with Crippen LogP contribution in [0.1, 0.15) is 31.2 Å². The number of carbonyl (C=O) groups is 2. The van der Waals surface area contributed by atoms with E-state index in [1.165, 1.54) is 12.1 Å². The van der Waals surface area contributed by atoms with Gasteiger partial charge < -0.3 is 25.2 Å². The van der Waals surface area contributed by atoms with Crippen LogP contribution >= 0.6 is 0 Å². The van der Waals surface area contributed by atoms with Gasteiger partial charge in [-0.05, 0) is 74.2 Å². The molecule has 10 heteroatoms. The summed E-state index contributed by atoms with van der Waals surface area (Å²) in [5, 5.41) is 5.14. The molecule has 3 amide bonds. The number of anilines is 3. The zero-order valence-corrected chi connectivity index (χ0v) is 19.5. The van der Waals surface area contributed by atoms with E-state index in [1.807, 2.05) is 24.3 Å².